The minimum absolute atomic E-state index is 0.652. The number of rotatable bonds is 2. The molecule has 0 aliphatic heterocycles. The topological polar surface area (TPSA) is 50.7 Å². The molecule has 0 bridgehead atoms. The lowest BCUT2D eigenvalue weighted by molar-refractivity contribution is 1.23. The standard InChI is InChI=1S/C13H13N3/c1-10-7-8-13(12(14)9-10)16-15-11-5-3-2-4-6-11/h2-9H,14H2,1H3. The Balaban J connectivity index is 2.24. The van der Waals surface area contributed by atoms with Gasteiger partial charge in [0.1, 0.15) is 5.69 Å². The molecule has 80 valence electrons. The van der Waals surface area contributed by atoms with E-state index < -0.39 is 0 Å². The molecule has 3 nitrogen and oxygen atoms in total. The Kier molecular flexibility index (Phi) is 2.96. The average Bonchev–Trinajstić information content (AvgIpc) is 2.29. The minimum atomic E-state index is 0.652. The minimum Gasteiger partial charge on any atom is -0.397 e. The van der Waals surface area contributed by atoms with Gasteiger partial charge in [-0.15, -0.1) is 5.11 Å². The van der Waals surface area contributed by atoms with Crippen LogP contribution in [-0.4, -0.2) is 0 Å². The Labute approximate surface area is 94.6 Å². The second-order valence-electron chi connectivity index (χ2n) is 3.60. The van der Waals surface area contributed by atoms with Crippen LogP contribution in [0.25, 0.3) is 0 Å². The fraction of sp³-hybridized carbons (Fsp3) is 0.0769. The van der Waals surface area contributed by atoms with Crippen LogP contribution in [0.2, 0.25) is 0 Å². The van der Waals surface area contributed by atoms with Crippen molar-refractivity contribution in [1.29, 1.82) is 0 Å². The van der Waals surface area contributed by atoms with Gasteiger partial charge in [0.15, 0.2) is 0 Å². The Hall–Kier alpha value is -2.16. The molecule has 0 fully saturated rings. The third kappa shape index (κ3) is 2.45. The van der Waals surface area contributed by atoms with E-state index in [1.165, 1.54) is 0 Å². The first kappa shape index (κ1) is 10.4. The van der Waals surface area contributed by atoms with Crippen LogP contribution >= 0.6 is 0 Å². The molecule has 0 unspecified atom stereocenters. The lowest BCUT2D eigenvalue weighted by Gasteiger charge is -1.99. The first-order chi connectivity index (χ1) is 7.75. The molecule has 16 heavy (non-hydrogen) atoms. The first-order valence-electron chi connectivity index (χ1n) is 5.08. The van der Waals surface area contributed by atoms with Crippen molar-refractivity contribution in [1.82, 2.24) is 0 Å². The van der Waals surface area contributed by atoms with Crippen LogP contribution in [0.5, 0.6) is 0 Å². The first-order valence-corrected chi connectivity index (χ1v) is 5.08. The summed E-state index contributed by atoms with van der Waals surface area (Å²) >= 11 is 0. The Morgan fingerprint density at radius 2 is 1.69 bits per heavy atom. The number of hydrogen-bond donors (Lipinski definition) is 1. The molecule has 0 saturated carbocycles. The van der Waals surface area contributed by atoms with Gasteiger partial charge >= 0.3 is 0 Å². The van der Waals surface area contributed by atoms with E-state index in [0.717, 1.165) is 11.3 Å². The molecule has 2 aromatic carbocycles. The Morgan fingerprint density at radius 3 is 2.38 bits per heavy atom. The molecule has 0 spiro atoms. The van der Waals surface area contributed by atoms with Gasteiger partial charge in [-0.25, -0.2) is 0 Å². The summed E-state index contributed by atoms with van der Waals surface area (Å²) in [6, 6.07) is 15.3. The fourth-order valence-corrected chi connectivity index (χ4v) is 1.37. The molecule has 0 heterocycles. The summed E-state index contributed by atoms with van der Waals surface area (Å²) in [5.41, 5.74) is 9.13. The van der Waals surface area contributed by atoms with Crippen LogP contribution in [0.1, 0.15) is 5.56 Å². The van der Waals surface area contributed by atoms with Crippen LogP contribution in [0, 0.1) is 6.92 Å². The molecule has 0 atom stereocenters. The number of nitrogens with two attached hydrogens (primary N) is 1. The summed E-state index contributed by atoms with van der Waals surface area (Å²) in [6.07, 6.45) is 0. The van der Waals surface area contributed by atoms with Crippen LogP contribution in [0.15, 0.2) is 58.8 Å². The lowest BCUT2D eigenvalue weighted by atomic mass is 10.2. The van der Waals surface area contributed by atoms with E-state index in [9.17, 15) is 0 Å². The molecule has 0 amide bonds. The molecule has 2 N–H and O–H groups in total. The highest BCUT2D eigenvalue weighted by Gasteiger charge is 1.96. The third-order valence-electron chi connectivity index (χ3n) is 2.21. The molecule has 0 aliphatic carbocycles. The van der Waals surface area contributed by atoms with E-state index in [-0.39, 0.29) is 0 Å². The Morgan fingerprint density at radius 1 is 0.938 bits per heavy atom. The van der Waals surface area contributed by atoms with Crippen molar-refractivity contribution < 1.29 is 0 Å². The van der Waals surface area contributed by atoms with Crippen molar-refractivity contribution in [3.05, 3.63) is 54.1 Å². The highest BCUT2D eigenvalue weighted by Crippen LogP contribution is 2.24. The molecule has 0 aliphatic rings. The van der Waals surface area contributed by atoms with Gasteiger partial charge in [-0.1, -0.05) is 24.3 Å². The second-order valence-corrected chi connectivity index (χ2v) is 3.60. The van der Waals surface area contributed by atoms with Gasteiger partial charge in [0, 0.05) is 0 Å². The summed E-state index contributed by atoms with van der Waals surface area (Å²) in [5, 5.41) is 8.23. The Bertz CT molecular complexity index is 504. The molecule has 2 aromatic rings. The molecule has 2 rings (SSSR count). The van der Waals surface area contributed by atoms with Crippen molar-refractivity contribution in [2.24, 2.45) is 10.2 Å². The van der Waals surface area contributed by atoms with E-state index in [4.69, 9.17) is 5.73 Å². The van der Waals surface area contributed by atoms with E-state index in [2.05, 4.69) is 10.2 Å². The zero-order valence-corrected chi connectivity index (χ0v) is 9.09. The zero-order valence-electron chi connectivity index (χ0n) is 9.09. The monoisotopic (exact) mass is 211 g/mol. The van der Waals surface area contributed by atoms with Crippen LogP contribution < -0.4 is 5.73 Å². The summed E-state index contributed by atoms with van der Waals surface area (Å²) in [6.45, 7) is 1.99. The number of nitrogen functional groups attached to an aromatic ring is 1. The maximum atomic E-state index is 5.83. The van der Waals surface area contributed by atoms with Gasteiger partial charge in [0.25, 0.3) is 0 Å². The van der Waals surface area contributed by atoms with Crippen molar-refractivity contribution in [3.63, 3.8) is 0 Å². The summed E-state index contributed by atoms with van der Waals surface area (Å²) in [5.74, 6) is 0. The zero-order chi connectivity index (χ0) is 11.4. The normalized spacial score (nSPS) is 10.8. The van der Waals surface area contributed by atoms with Crippen LogP contribution in [0.4, 0.5) is 17.1 Å². The summed E-state index contributed by atoms with van der Waals surface area (Å²) in [4.78, 5) is 0. The lowest BCUT2D eigenvalue weighted by Crippen LogP contribution is -1.85. The van der Waals surface area contributed by atoms with Crippen molar-refractivity contribution >= 4 is 17.1 Å². The summed E-state index contributed by atoms with van der Waals surface area (Å²) < 4.78 is 0. The highest BCUT2D eigenvalue weighted by atomic mass is 15.1. The third-order valence-corrected chi connectivity index (χ3v) is 2.21. The molecule has 0 radical (unpaired) electrons. The van der Waals surface area contributed by atoms with Gasteiger partial charge in [0.05, 0.1) is 11.4 Å². The quantitative estimate of drug-likeness (QED) is 0.592. The van der Waals surface area contributed by atoms with E-state index in [1.54, 1.807) is 0 Å². The van der Waals surface area contributed by atoms with Gasteiger partial charge in [-0.3, -0.25) is 0 Å². The van der Waals surface area contributed by atoms with Gasteiger partial charge in [-0.05, 0) is 36.8 Å². The predicted octanol–water partition coefficient (Wildman–Crippen LogP) is 3.99. The van der Waals surface area contributed by atoms with E-state index >= 15 is 0 Å². The van der Waals surface area contributed by atoms with E-state index in [1.807, 2.05) is 55.5 Å². The number of benzene rings is 2. The number of anilines is 1. The van der Waals surface area contributed by atoms with Gasteiger partial charge < -0.3 is 5.73 Å². The molecule has 0 saturated heterocycles. The largest absolute Gasteiger partial charge is 0.397 e. The summed E-state index contributed by atoms with van der Waals surface area (Å²) in [7, 11) is 0. The van der Waals surface area contributed by atoms with Crippen LogP contribution in [-0.2, 0) is 0 Å². The molecule has 3 heteroatoms. The smallest absolute Gasteiger partial charge is 0.109 e. The molecular formula is C13H13N3. The maximum absolute atomic E-state index is 5.83. The number of hydrogen-bond acceptors (Lipinski definition) is 3. The van der Waals surface area contributed by atoms with Crippen molar-refractivity contribution in [2.45, 2.75) is 6.92 Å². The maximum Gasteiger partial charge on any atom is 0.109 e. The second kappa shape index (κ2) is 4.57. The predicted molar refractivity (Wildman–Crippen MR) is 66.2 cm³/mol. The van der Waals surface area contributed by atoms with Crippen LogP contribution in [0.3, 0.4) is 0 Å². The van der Waals surface area contributed by atoms with Crippen molar-refractivity contribution in [3.8, 4) is 0 Å². The van der Waals surface area contributed by atoms with Crippen molar-refractivity contribution in [2.75, 3.05) is 5.73 Å². The SMILES string of the molecule is Cc1ccc(N=Nc2ccccc2)c(N)c1. The number of azo groups is 1. The molecule has 0 aromatic heterocycles. The average molecular weight is 211 g/mol. The number of aryl methyl sites for hydroxylation is 1. The van der Waals surface area contributed by atoms with E-state index in [0.29, 0.717) is 11.4 Å². The van der Waals surface area contributed by atoms with Gasteiger partial charge in [-0.2, -0.15) is 5.11 Å². The highest BCUT2D eigenvalue weighted by molar-refractivity contribution is 5.63. The molecular weight excluding hydrogens is 198 g/mol. The van der Waals surface area contributed by atoms with Gasteiger partial charge in [0.2, 0.25) is 0 Å². The number of nitrogens with zero attached hydrogens (tertiary/aromatic N) is 2. The fourth-order valence-electron chi connectivity index (χ4n) is 1.37.